The van der Waals surface area contributed by atoms with Crippen molar-refractivity contribution in [2.24, 2.45) is 0 Å². The van der Waals surface area contributed by atoms with Crippen molar-refractivity contribution >= 4 is 29.2 Å². The SMILES string of the molecule is Cc1cc(Oc2nc3c(C)cccn3c(=O)c2/C=C(\C#N)C(=O)NCC2CCCO2)ccc1Cl. The molecule has 0 radical (unpaired) electrons. The van der Waals surface area contributed by atoms with Crippen LogP contribution in [0.2, 0.25) is 5.02 Å². The Morgan fingerprint density at radius 2 is 2.21 bits per heavy atom. The summed E-state index contributed by atoms with van der Waals surface area (Å²) in [4.78, 5) is 30.6. The monoisotopic (exact) mass is 478 g/mol. The third kappa shape index (κ3) is 4.96. The Morgan fingerprint density at radius 3 is 2.91 bits per heavy atom. The highest BCUT2D eigenvalue weighted by molar-refractivity contribution is 6.31. The first-order chi connectivity index (χ1) is 16.4. The van der Waals surface area contributed by atoms with E-state index in [0.29, 0.717) is 29.6 Å². The molecule has 9 heteroatoms. The normalized spacial score (nSPS) is 15.8. The average molecular weight is 479 g/mol. The molecule has 3 aromatic rings. The van der Waals surface area contributed by atoms with Gasteiger partial charge in [-0.3, -0.25) is 14.0 Å². The Labute approximate surface area is 201 Å². The number of hydrogen-bond acceptors (Lipinski definition) is 6. The minimum atomic E-state index is -0.597. The number of nitriles is 1. The van der Waals surface area contributed by atoms with Crippen molar-refractivity contribution in [1.82, 2.24) is 14.7 Å². The van der Waals surface area contributed by atoms with E-state index >= 15 is 0 Å². The van der Waals surface area contributed by atoms with E-state index in [1.54, 1.807) is 30.5 Å². The summed E-state index contributed by atoms with van der Waals surface area (Å²) in [5.41, 5.74) is 1.25. The van der Waals surface area contributed by atoms with Crippen molar-refractivity contribution < 1.29 is 14.3 Å². The summed E-state index contributed by atoms with van der Waals surface area (Å²) in [7, 11) is 0. The first-order valence-electron chi connectivity index (χ1n) is 10.8. The fraction of sp³-hybridized carbons (Fsp3) is 0.280. The third-order valence-corrected chi connectivity index (χ3v) is 5.99. The molecule has 1 amide bonds. The van der Waals surface area contributed by atoms with Gasteiger partial charge >= 0.3 is 0 Å². The largest absolute Gasteiger partial charge is 0.438 e. The molecule has 1 atom stereocenters. The van der Waals surface area contributed by atoms with Crippen LogP contribution in [-0.4, -0.2) is 34.5 Å². The number of nitrogens with one attached hydrogen (secondary N) is 1. The predicted molar refractivity (Wildman–Crippen MR) is 128 cm³/mol. The number of ether oxygens (including phenoxy) is 2. The summed E-state index contributed by atoms with van der Waals surface area (Å²) in [6.45, 7) is 4.60. The number of carbonyl (C=O) groups excluding carboxylic acids is 1. The molecule has 8 nitrogen and oxygen atoms in total. The lowest BCUT2D eigenvalue weighted by Crippen LogP contribution is -2.32. The first kappa shape index (κ1) is 23.5. The standard InChI is InChI=1S/C25H23ClN4O4/c1-15-5-3-9-30-22(15)29-24(34-18-7-8-21(26)16(2)11-18)20(25(30)32)12-17(13-27)23(31)28-14-19-6-4-10-33-19/h3,5,7-9,11-12,19H,4,6,10,14H2,1-2H3,(H,28,31)/b17-12+. The highest BCUT2D eigenvalue weighted by Crippen LogP contribution is 2.28. The summed E-state index contributed by atoms with van der Waals surface area (Å²) in [6.07, 6.45) is 4.50. The zero-order chi connectivity index (χ0) is 24.2. The number of aromatic nitrogens is 2. The van der Waals surface area contributed by atoms with Crippen LogP contribution in [0.25, 0.3) is 11.7 Å². The number of amides is 1. The molecule has 0 spiro atoms. The van der Waals surface area contributed by atoms with E-state index in [2.05, 4.69) is 10.3 Å². The topological polar surface area (TPSA) is 106 Å². The van der Waals surface area contributed by atoms with E-state index in [9.17, 15) is 14.9 Å². The Bertz CT molecular complexity index is 1380. The fourth-order valence-electron chi connectivity index (χ4n) is 3.69. The summed E-state index contributed by atoms with van der Waals surface area (Å²) in [5.74, 6) is -0.191. The predicted octanol–water partition coefficient (Wildman–Crippen LogP) is 3.96. The van der Waals surface area contributed by atoms with Gasteiger partial charge in [0, 0.05) is 24.4 Å². The molecule has 0 saturated carbocycles. The van der Waals surface area contributed by atoms with Crippen LogP contribution in [0.1, 0.15) is 29.5 Å². The van der Waals surface area contributed by atoms with E-state index in [1.165, 1.54) is 10.5 Å². The first-order valence-corrected chi connectivity index (χ1v) is 11.2. The van der Waals surface area contributed by atoms with Crippen molar-refractivity contribution in [2.45, 2.75) is 32.8 Å². The van der Waals surface area contributed by atoms with Crippen molar-refractivity contribution in [3.05, 3.63) is 74.2 Å². The van der Waals surface area contributed by atoms with E-state index < -0.39 is 11.5 Å². The molecule has 2 aromatic heterocycles. The molecule has 3 heterocycles. The van der Waals surface area contributed by atoms with Crippen molar-refractivity contribution in [1.29, 1.82) is 5.26 Å². The summed E-state index contributed by atoms with van der Waals surface area (Å²) < 4.78 is 12.8. The zero-order valence-corrected chi connectivity index (χ0v) is 19.6. The van der Waals surface area contributed by atoms with Gasteiger partial charge in [-0.1, -0.05) is 17.7 Å². The zero-order valence-electron chi connectivity index (χ0n) is 18.8. The number of nitrogens with zero attached hydrogens (tertiary/aromatic N) is 3. The van der Waals surface area contributed by atoms with Crippen LogP contribution in [0.4, 0.5) is 0 Å². The molecule has 4 rings (SSSR count). The number of aryl methyl sites for hydroxylation is 2. The van der Waals surface area contributed by atoms with Crippen LogP contribution in [0.5, 0.6) is 11.6 Å². The van der Waals surface area contributed by atoms with Gasteiger partial charge in [-0.2, -0.15) is 10.2 Å². The van der Waals surface area contributed by atoms with Gasteiger partial charge in [-0.15, -0.1) is 0 Å². The van der Waals surface area contributed by atoms with Gasteiger partial charge in [0.1, 0.15) is 28.6 Å². The maximum atomic E-state index is 13.4. The summed E-state index contributed by atoms with van der Waals surface area (Å²) >= 11 is 6.11. The number of fused-ring (bicyclic) bond motifs is 1. The summed E-state index contributed by atoms with van der Waals surface area (Å²) in [6, 6.07) is 10.5. The van der Waals surface area contributed by atoms with Gasteiger partial charge in [-0.25, -0.2) is 0 Å². The number of benzene rings is 1. The number of halogens is 1. The molecule has 174 valence electrons. The molecule has 1 aromatic carbocycles. The van der Waals surface area contributed by atoms with Crippen LogP contribution >= 0.6 is 11.6 Å². The van der Waals surface area contributed by atoms with Crippen LogP contribution in [0, 0.1) is 25.2 Å². The second-order valence-electron chi connectivity index (χ2n) is 8.05. The Balaban J connectivity index is 1.77. The van der Waals surface area contributed by atoms with Gasteiger partial charge in [-0.05, 0) is 68.2 Å². The van der Waals surface area contributed by atoms with Crippen molar-refractivity contribution in [2.75, 3.05) is 13.2 Å². The molecule has 34 heavy (non-hydrogen) atoms. The Morgan fingerprint density at radius 1 is 1.38 bits per heavy atom. The minimum absolute atomic E-state index is 0.0132. The van der Waals surface area contributed by atoms with Crippen molar-refractivity contribution in [3.8, 4) is 17.7 Å². The van der Waals surface area contributed by atoms with Crippen LogP contribution in [0.15, 0.2) is 46.9 Å². The number of hydrogen-bond donors (Lipinski definition) is 1. The molecular formula is C25H23ClN4O4. The molecule has 0 bridgehead atoms. The number of carbonyl (C=O) groups is 1. The molecule has 1 unspecified atom stereocenters. The van der Waals surface area contributed by atoms with Crippen LogP contribution < -0.4 is 15.6 Å². The van der Waals surface area contributed by atoms with Crippen LogP contribution in [0.3, 0.4) is 0 Å². The molecule has 1 aliphatic heterocycles. The highest BCUT2D eigenvalue weighted by atomic mass is 35.5. The quantitative estimate of drug-likeness (QED) is 0.424. The van der Waals surface area contributed by atoms with E-state index in [4.69, 9.17) is 21.1 Å². The van der Waals surface area contributed by atoms with E-state index in [-0.39, 0.29) is 23.1 Å². The molecule has 1 aliphatic rings. The number of rotatable bonds is 6. The maximum absolute atomic E-state index is 13.4. The molecule has 1 fully saturated rings. The second kappa shape index (κ2) is 10.1. The summed E-state index contributed by atoms with van der Waals surface area (Å²) in [5, 5.41) is 12.9. The third-order valence-electron chi connectivity index (χ3n) is 5.56. The average Bonchev–Trinajstić information content (AvgIpc) is 3.34. The van der Waals surface area contributed by atoms with Crippen LogP contribution in [-0.2, 0) is 9.53 Å². The molecular weight excluding hydrogens is 456 g/mol. The fourth-order valence-corrected chi connectivity index (χ4v) is 3.80. The van der Waals surface area contributed by atoms with Gasteiger partial charge in [0.25, 0.3) is 11.5 Å². The van der Waals surface area contributed by atoms with Gasteiger partial charge < -0.3 is 14.8 Å². The molecule has 0 aliphatic carbocycles. The van der Waals surface area contributed by atoms with Gasteiger partial charge in [0.2, 0.25) is 5.88 Å². The number of pyridine rings is 1. The Kier molecular flexibility index (Phi) is 6.96. The van der Waals surface area contributed by atoms with Gasteiger partial charge in [0.05, 0.1) is 6.10 Å². The maximum Gasteiger partial charge on any atom is 0.269 e. The van der Waals surface area contributed by atoms with Crippen molar-refractivity contribution in [3.63, 3.8) is 0 Å². The van der Waals surface area contributed by atoms with Gasteiger partial charge in [0.15, 0.2) is 0 Å². The Hall–Kier alpha value is -3.67. The second-order valence-corrected chi connectivity index (χ2v) is 8.46. The van der Waals surface area contributed by atoms with E-state index in [1.807, 2.05) is 26.0 Å². The minimum Gasteiger partial charge on any atom is -0.438 e. The molecule has 1 N–H and O–H groups in total. The smallest absolute Gasteiger partial charge is 0.269 e. The molecule has 1 saturated heterocycles. The lowest BCUT2D eigenvalue weighted by molar-refractivity contribution is -0.117. The van der Waals surface area contributed by atoms with E-state index in [0.717, 1.165) is 24.0 Å². The lowest BCUT2D eigenvalue weighted by atomic mass is 10.1. The lowest BCUT2D eigenvalue weighted by Gasteiger charge is -2.13. The highest BCUT2D eigenvalue weighted by Gasteiger charge is 2.20.